The van der Waals surface area contributed by atoms with Crippen LogP contribution in [0, 0.1) is 4.91 Å². The molecule has 0 unspecified atom stereocenters. The molecule has 0 saturated heterocycles. The summed E-state index contributed by atoms with van der Waals surface area (Å²) in [5.74, 6) is 1.38. The van der Waals surface area contributed by atoms with Gasteiger partial charge in [0.25, 0.3) is 0 Å². The van der Waals surface area contributed by atoms with Crippen molar-refractivity contribution in [1.82, 2.24) is 0 Å². The van der Waals surface area contributed by atoms with Crippen molar-refractivity contribution in [2.45, 2.75) is 19.4 Å². The average molecular weight is 341 g/mol. The standard InChI is InChI=1S/C18H19N3O4/c1-23-17-8-12-4-6-15(13(12)9-18(17)24-2)21-25-10-11-3-5-16(20-22)14(19)7-11/h3,5,7-9H,4,6,10,19H2,1-2H3/b21-15+. The minimum absolute atomic E-state index is 0.223. The van der Waals surface area contributed by atoms with Crippen LogP contribution in [0.3, 0.4) is 0 Å². The van der Waals surface area contributed by atoms with Crippen LogP contribution in [0.4, 0.5) is 11.4 Å². The fourth-order valence-corrected chi connectivity index (χ4v) is 2.84. The largest absolute Gasteiger partial charge is 0.493 e. The molecule has 0 heterocycles. The fourth-order valence-electron chi connectivity index (χ4n) is 2.84. The topological polar surface area (TPSA) is 95.5 Å². The van der Waals surface area contributed by atoms with E-state index >= 15 is 0 Å². The number of anilines is 1. The smallest absolute Gasteiger partial charge is 0.161 e. The normalized spacial score (nSPS) is 14.2. The summed E-state index contributed by atoms with van der Waals surface area (Å²) in [6.45, 7) is 0.259. The minimum atomic E-state index is 0.223. The average Bonchev–Trinajstić information content (AvgIpc) is 3.02. The van der Waals surface area contributed by atoms with E-state index in [1.54, 1.807) is 32.4 Å². The predicted molar refractivity (Wildman–Crippen MR) is 95.5 cm³/mol. The zero-order valence-electron chi connectivity index (χ0n) is 14.1. The Morgan fingerprint density at radius 2 is 1.84 bits per heavy atom. The van der Waals surface area contributed by atoms with Crippen molar-refractivity contribution in [3.63, 3.8) is 0 Å². The third kappa shape index (κ3) is 3.40. The van der Waals surface area contributed by atoms with Crippen molar-refractivity contribution in [1.29, 1.82) is 0 Å². The molecule has 25 heavy (non-hydrogen) atoms. The van der Waals surface area contributed by atoms with E-state index in [4.69, 9.17) is 20.0 Å². The van der Waals surface area contributed by atoms with Crippen LogP contribution < -0.4 is 15.2 Å². The molecule has 1 aliphatic rings. The van der Waals surface area contributed by atoms with E-state index in [1.165, 1.54) is 0 Å². The van der Waals surface area contributed by atoms with E-state index in [0.717, 1.165) is 35.2 Å². The molecule has 7 nitrogen and oxygen atoms in total. The summed E-state index contributed by atoms with van der Waals surface area (Å²) in [6, 6.07) is 8.86. The van der Waals surface area contributed by atoms with E-state index in [9.17, 15) is 4.91 Å². The molecule has 7 heteroatoms. The van der Waals surface area contributed by atoms with Gasteiger partial charge >= 0.3 is 0 Å². The number of hydrogen-bond acceptors (Lipinski definition) is 7. The number of hydrogen-bond donors (Lipinski definition) is 1. The molecule has 0 amide bonds. The van der Waals surface area contributed by atoms with Gasteiger partial charge in [0, 0.05) is 5.56 Å². The SMILES string of the molecule is COc1cc2c(cc1OC)/C(=N/OCc1ccc(N=O)c(N)c1)CC2. The Bertz CT molecular complexity index is 833. The predicted octanol–water partition coefficient (Wildman–Crippen LogP) is 3.55. The highest BCUT2D eigenvalue weighted by Gasteiger charge is 2.22. The van der Waals surface area contributed by atoms with Crippen LogP contribution in [-0.2, 0) is 17.9 Å². The first kappa shape index (κ1) is 16.8. The van der Waals surface area contributed by atoms with Crippen LogP contribution in [0.5, 0.6) is 11.5 Å². The summed E-state index contributed by atoms with van der Waals surface area (Å²) in [4.78, 5) is 16.0. The number of nitroso groups, excluding NO2 is 1. The lowest BCUT2D eigenvalue weighted by Crippen LogP contribution is -1.99. The molecule has 0 radical (unpaired) electrons. The summed E-state index contributed by atoms with van der Waals surface area (Å²) in [6.07, 6.45) is 1.67. The number of fused-ring (bicyclic) bond motifs is 1. The van der Waals surface area contributed by atoms with Crippen LogP contribution in [0.2, 0.25) is 0 Å². The van der Waals surface area contributed by atoms with Crippen molar-refractivity contribution in [3.8, 4) is 11.5 Å². The van der Waals surface area contributed by atoms with Gasteiger partial charge in [0.15, 0.2) is 11.5 Å². The Balaban J connectivity index is 1.74. The highest BCUT2D eigenvalue weighted by molar-refractivity contribution is 6.04. The third-order valence-electron chi connectivity index (χ3n) is 4.15. The Hall–Kier alpha value is -3.09. The van der Waals surface area contributed by atoms with E-state index in [-0.39, 0.29) is 12.3 Å². The lowest BCUT2D eigenvalue weighted by molar-refractivity contribution is 0.130. The van der Waals surface area contributed by atoms with Crippen LogP contribution >= 0.6 is 0 Å². The summed E-state index contributed by atoms with van der Waals surface area (Å²) >= 11 is 0. The molecule has 2 aromatic carbocycles. The van der Waals surface area contributed by atoms with Crippen molar-refractivity contribution in [3.05, 3.63) is 51.9 Å². The van der Waals surface area contributed by atoms with Gasteiger partial charge in [0.1, 0.15) is 12.3 Å². The zero-order valence-corrected chi connectivity index (χ0v) is 14.1. The molecule has 0 saturated carbocycles. The highest BCUT2D eigenvalue weighted by Crippen LogP contribution is 2.35. The molecule has 0 spiro atoms. The first-order chi connectivity index (χ1) is 12.2. The maximum Gasteiger partial charge on any atom is 0.161 e. The quantitative estimate of drug-likeness (QED) is 0.492. The molecule has 0 fully saturated rings. The monoisotopic (exact) mass is 341 g/mol. The van der Waals surface area contributed by atoms with Gasteiger partial charge in [-0.2, -0.15) is 0 Å². The number of ether oxygens (including phenoxy) is 2. The number of methoxy groups -OCH3 is 2. The summed E-state index contributed by atoms with van der Waals surface area (Å²) < 4.78 is 10.7. The second-order valence-electron chi connectivity index (χ2n) is 5.66. The van der Waals surface area contributed by atoms with Crippen LogP contribution in [0.15, 0.2) is 40.7 Å². The first-order valence-corrected chi connectivity index (χ1v) is 7.82. The summed E-state index contributed by atoms with van der Waals surface area (Å²) in [7, 11) is 3.23. The second kappa shape index (κ2) is 7.21. The Morgan fingerprint density at radius 1 is 1.08 bits per heavy atom. The molecular weight excluding hydrogens is 322 g/mol. The number of nitrogens with two attached hydrogens (primary N) is 1. The maximum atomic E-state index is 10.5. The van der Waals surface area contributed by atoms with E-state index in [2.05, 4.69) is 10.3 Å². The Kier molecular flexibility index (Phi) is 4.83. The number of benzene rings is 2. The Labute approximate surface area is 145 Å². The molecule has 3 rings (SSSR count). The number of nitrogen functional groups attached to an aromatic ring is 1. The van der Waals surface area contributed by atoms with E-state index < -0.39 is 0 Å². The van der Waals surface area contributed by atoms with Crippen molar-refractivity contribution in [2.75, 3.05) is 20.0 Å². The van der Waals surface area contributed by atoms with Crippen molar-refractivity contribution >= 4 is 17.1 Å². The first-order valence-electron chi connectivity index (χ1n) is 7.82. The number of oxime groups is 1. The maximum absolute atomic E-state index is 10.5. The van der Waals surface area contributed by atoms with Crippen LogP contribution in [0.25, 0.3) is 0 Å². The number of nitrogens with zero attached hydrogens (tertiary/aromatic N) is 2. The molecule has 0 aromatic heterocycles. The zero-order chi connectivity index (χ0) is 17.8. The fraction of sp³-hybridized carbons (Fsp3) is 0.278. The lowest BCUT2D eigenvalue weighted by Gasteiger charge is -2.10. The van der Waals surface area contributed by atoms with Crippen LogP contribution in [-0.4, -0.2) is 19.9 Å². The summed E-state index contributed by atoms with van der Waals surface area (Å²) in [5, 5.41) is 7.10. The van der Waals surface area contributed by atoms with Gasteiger partial charge in [-0.05, 0) is 53.4 Å². The van der Waals surface area contributed by atoms with Gasteiger partial charge in [0.05, 0.1) is 25.6 Å². The third-order valence-corrected chi connectivity index (χ3v) is 4.15. The molecule has 2 N–H and O–H groups in total. The van der Waals surface area contributed by atoms with Gasteiger partial charge in [-0.15, -0.1) is 4.91 Å². The van der Waals surface area contributed by atoms with Crippen molar-refractivity contribution in [2.24, 2.45) is 10.3 Å². The van der Waals surface area contributed by atoms with Crippen LogP contribution in [0.1, 0.15) is 23.1 Å². The highest BCUT2D eigenvalue weighted by atomic mass is 16.6. The molecule has 0 atom stereocenters. The molecule has 2 aromatic rings. The minimum Gasteiger partial charge on any atom is -0.493 e. The molecule has 130 valence electrons. The second-order valence-corrected chi connectivity index (χ2v) is 5.66. The van der Waals surface area contributed by atoms with Crippen molar-refractivity contribution < 1.29 is 14.3 Å². The number of aryl methyl sites for hydroxylation is 1. The number of rotatable bonds is 6. The van der Waals surface area contributed by atoms with Gasteiger partial charge in [-0.1, -0.05) is 11.2 Å². The molecule has 0 aliphatic heterocycles. The van der Waals surface area contributed by atoms with E-state index in [0.29, 0.717) is 17.2 Å². The molecule has 0 bridgehead atoms. The molecular formula is C18H19N3O4. The lowest BCUT2D eigenvalue weighted by atomic mass is 10.1. The Morgan fingerprint density at radius 3 is 2.52 bits per heavy atom. The van der Waals surface area contributed by atoms with Gasteiger partial charge in [0.2, 0.25) is 0 Å². The van der Waals surface area contributed by atoms with Gasteiger partial charge in [-0.3, -0.25) is 0 Å². The summed E-state index contributed by atoms with van der Waals surface area (Å²) in [5.41, 5.74) is 10.1. The molecule has 1 aliphatic carbocycles. The van der Waals surface area contributed by atoms with Gasteiger partial charge in [-0.25, -0.2) is 0 Å². The van der Waals surface area contributed by atoms with Gasteiger partial charge < -0.3 is 20.0 Å². The van der Waals surface area contributed by atoms with E-state index in [1.807, 2.05) is 12.1 Å².